The predicted molar refractivity (Wildman–Crippen MR) is 94.0 cm³/mol. The highest BCUT2D eigenvalue weighted by Crippen LogP contribution is 2.26. The summed E-state index contributed by atoms with van der Waals surface area (Å²) in [6.07, 6.45) is -4.08. The Morgan fingerprint density at radius 3 is 2.07 bits per heavy atom. The summed E-state index contributed by atoms with van der Waals surface area (Å²) >= 11 is 0. The highest BCUT2D eigenvalue weighted by atomic mass is 16.7. The molecule has 1 fully saturated rings. The molecule has 4 atom stereocenters. The van der Waals surface area contributed by atoms with E-state index >= 15 is 0 Å². The average molecular weight is 372 g/mol. The zero-order valence-electron chi connectivity index (χ0n) is 14.7. The molecular formula is C20H20O7. The number of aliphatic hydroxyl groups excluding tert-OH is 1. The smallest absolute Gasteiger partial charge is 0.338 e. The van der Waals surface area contributed by atoms with Gasteiger partial charge in [-0.15, -0.1) is 0 Å². The first-order valence-electron chi connectivity index (χ1n) is 8.44. The lowest BCUT2D eigenvalue weighted by Crippen LogP contribution is -2.39. The third kappa shape index (κ3) is 4.51. The van der Waals surface area contributed by atoms with Gasteiger partial charge in [0.25, 0.3) is 0 Å². The molecule has 0 saturated carbocycles. The number of rotatable bonds is 6. The van der Waals surface area contributed by atoms with E-state index in [0.717, 1.165) is 0 Å². The van der Waals surface area contributed by atoms with Crippen molar-refractivity contribution in [3.63, 3.8) is 0 Å². The quantitative estimate of drug-likeness (QED) is 0.773. The van der Waals surface area contributed by atoms with Crippen LogP contribution in [0.15, 0.2) is 60.7 Å². The van der Waals surface area contributed by atoms with Crippen LogP contribution in [0.3, 0.4) is 0 Å². The maximum atomic E-state index is 12.2. The van der Waals surface area contributed by atoms with Crippen LogP contribution in [0.25, 0.3) is 0 Å². The van der Waals surface area contributed by atoms with E-state index < -0.39 is 36.5 Å². The van der Waals surface area contributed by atoms with Gasteiger partial charge in [0, 0.05) is 7.11 Å². The molecule has 0 unspecified atom stereocenters. The number of aliphatic hydroxyl groups is 1. The molecule has 0 aliphatic carbocycles. The van der Waals surface area contributed by atoms with Gasteiger partial charge in [-0.2, -0.15) is 0 Å². The predicted octanol–water partition coefficient (Wildman–Crippen LogP) is 1.80. The Morgan fingerprint density at radius 1 is 0.963 bits per heavy atom. The molecule has 27 heavy (non-hydrogen) atoms. The molecule has 2 aromatic carbocycles. The Bertz CT molecular complexity index is 762. The lowest BCUT2D eigenvalue weighted by molar-refractivity contribution is -0.155. The summed E-state index contributed by atoms with van der Waals surface area (Å²) in [6, 6.07) is 16.9. The normalized spacial score (nSPS) is 24.4. The minimum Gasteiger partial charge on any atom is -0.459 e. The summed E-state index contributed by atoms with van der Waals surface area (Å²) in [5.74, 6) is -1.14. The monoisotopic (exact) mass is 372 g/mol. The number of ether oxygens (including phenoxy) is 4. The number of hydrogen-bond donors (Lipinski definition) is 1. The van der Waals surface area contributed by atoms with Crippen LogP contribution in [0.4, 0.5) is 0 Å². The van der Waals surface area contributed by atoms with E-state index in [9.17, 15) is 14.7 Å². The zero-order chi connectivity index (χ0) is 19.2. The molecule has 0 bridgehead atoms. The number of hydrogen-bond acceptors (Lipinski definition) is 7. The van der Waals surface area contributed by atoms with E-state index in [1.165, 1.54) is 7.11 Å². The molecule has 1 heterocycles. The second-order valence-corrected chi connectivity index (χ2v) is 5.97. The maximum Gasteiger partial charge on any atom is 0.338 e. The summed E-state index contributed by atoms with van der Waals surface area (Å²) in [5.41, 5.74) is 0.735. The van der Waals surface area contributed by atoms with E-state index in [-0.39, 0.29) is 6.61 Å². The lowest BCUT2D eigenvalue weighted by Gasteiger charge is -2.19. The molecular weight excluding hydrogens is 352 g/mol. The van der Waals surface area contributed by atoms with Crippen LogP contribution in [-0.4, -0.2) is 55.4 Å². The number of esters is 2. The highest BCUT2D eigenvalue weighted by molar-refractivity contribution is 5.89. The molecule has 1 aliphatic heterocycles. The SMILES string of the molecule is CO[C@H]1O[C@H](COC(=O)c2ccccc2)[C@@H](O)[C@@H]1OC(=O)c1ccccc1. The molecule has 0 spiro atoms. The molecule has 142 valence electrons. The van der Waals surface area contributed by atoms with Gasteiger partial charge in [-0.1, -0.05) is 36.4 Å². The lowest BCUT2D eigenvalue weighted by atomic mass is 10.1. The molecule has 2 aromatic rings. The summed E-state index contributed by atoms with van der Waals surface area (Å²) < 4.78 is 21.2. The largest absolute Gasteiger partial charge is 0.459 e. The molecule has 0 amide bonds. The standard InChI is InChI=1S/C20H20O7/c1-24-20-17(27-19(23)14-10-6-3-7-11-14)16(21)15(26-20)12-25-18(22)13-8-4-2-5-9-13/h2-11,15-17,20-21H,12H2,1H3/t15-,16-,17+,20+/m1/s1. The molecule has 3 rings (SSSR count). The van der Waals surface area contributed by atoms with Crippen LogP contribution in [0.2, 0.25) is 0 Å². The second-order valence-electron chi connectivity index (χ2n) is 5.97. The average Bonchev–Trinajstić information content (AvgIpc) is 3.02. The van der Waals surface area contributed by atoms with Crippen molar-refractivity contribution in [1.29, 1.82) is 0 Å². The van der Waals surface area contributed by atoms with Gasteiger partial charge in [-0.05, 0) is 24.3 Å². The Kier molecular flexibility index (Phi) is 6.18. The number of methoxy groups -OCH3 is 1. The highest BCUT2D eigenvalue weighted by Gasteiger charge is 2.47. The first-order chi connectivity index (χ1) is 13.1. The van der Waals surface area contributed by atoms with Crippen LogP contribution in [-0.2, 0) is 18.9 Å². The first-order valence-corrected chi connectivity index (χ1v) is 8.44. The van der Waals surface area contributed by atoms with Crippen LogP contribution in [0, 0.1) is 0 Å². The Labute approximate surface area is 156 Å². The minimum atomic E-state index is -1.20. The van der Waals surface area contributed by atoms with Crippen LogP contribution >= 0.6 is 0 Å². The molecule has 7 heteroatoms. The van der Waals surface area contributed by atoms with Crippen molar-refractivity contribution in [1.82, 2.24) is 0 Å². The van der Waals surface area contributed by atoms with Gasteiger partial charge < -0.3 is 24.1 Å². The van der Waals surface area contributed by atoms with Crippen molar-refractivity contribution < 1.29 is 33.6 Å². The van der Waals surface area contributed by atoms with E-state index in [4.69, 9.17) is 18.9 Å². The first kappa shape index (κ1) is 19.0. The van der Waals surface area contributed by atoms with Crippen molar-refractivity contribution in [2.45, 2.75) is 24.6 Å². The van der Waals surface area contributed by atoms with Gasteiger partial charge in [-0.25, -0.2) is 9.59 Å². The fourth-order valence-electron chi connectivity index (χ4n) is 2.74. The fraction of sp³-hybridized carbons (Fsp3) is 0.300. The summed E-state index contributed by atoms with van der Waals surface area (Å²) in [7, 11) is 1.37. The van der Waals surface area contributed by atoms with E-state index in [1.54, 1.807) is 60.7 Å². The Morgan fingerprint density at radius 2 is 1.52 bits per heavy atom. The van der Waals surface area contributed by atoms with E-state index in [0.29, 0.717) is 11.1 Å². The molecule has 1 saturated heterocycles. The van der Waals surface area contributed by atoms with Gasteiger partial charge in [0.1, 0.15) is 18.8 Å². The fourth-order valence-corrected chi connectivity index (χ4v) is 2.74. The van der Waals surface area contributed by atoms with Crippen LogP contribution in [0.1, 0.15) is 20.7 Å². The Hall–Kier alpha value is -2.74. The molecule has 7 nitrogen and oxygen atoms in total. The maximum absolute atomic E-state index is 12.2. The zero-order valence-corrected chi connectivity index (χ0v) is 14.7. The van der Waals surface area contributed by atoms with Crippen molar-refractivity contribution >= 4 is 11.9 Å². The topological polar surface area (TPSA) is 91.3 Å². The Balaban J connectivity index is 1.60. The molecule has 1 aliphatic rings. The van der Waals surface area contributed by atoms with Gasteiger partial charge in [0.2, 0.25) is 0 Å². The molecule has 0 radical (unpaired) electrons. The van der Waals surface area contributed by atoms with Gasteiger partial charge >= 0.3 is 11.9 Å². The van der Waals surface area contributed by atoms with Gasteiger partial charge in [-0.3, -0.25) is 0 Å². The third-order valence-electron chi connectivity index (χ3n) is 4.17. The van der Waals surface area contributed by atoms with Gasteiger partial charge in [0.05, 0.1) is 11.1 Å². The van der Waals surface area contributed by atoms with Crippen LogP contribution in [0.5, 0.6) is 0 Å². The summed E-state index contributed by atoms with van der Waals surface area (Å²) in [4.78, 5) is 24.3. The molecule has 1 N–H and O–H groups in total. The van der Waals surface area contributed by atoms with Crippen LogP contribution < -0.4 is 0 Å². The van der Waals surface area contributed by atoms with Gasteiger partial charge in [0.15, 0.2) is 12.4 Å². The second kappa shape index (κ2) is 8.77. The van der Waals surface area contributed by atoms with Crippen molar-refractivity contribution in [2.75, 3.05) is 13.7 Å². The summed E-state index contributed by atoms with van der Waals surface area (Å²) in [5, 5.41) is 10.5. The summed E-state index contributed by atoms with van der Waals surface area (Å²) in [6.45, 7) is -0.200. The number of benzene rings is 2. The van der Waals surface area contributed by atoms with E-state index in [1.807, 2.05) is 0 Å². The van der Waals surface area contributed by atoms with Crippen molar-refractivity contribution in [3.8, 4) is 0 Å². The van der Waals surface area contributed by atoms with Crippen molar-refractivity contribution in [3.05, 3.63) is 71.8 Å². The third-order valence-corrected chi connectivity index (χ3v) is 4.17. The molecule has 0 aromatic heterocycles. The number of carbonyl (C=O) groups is 2. The van der Waals surface area contributed by atoms with E-state index in [2.05, 4.69) is 0 Å². The van der Waals surface area contributed by atoms with Crippen molar-refractivity contribution in [2.24, 2.45) is 0 Å². The minimum absolute atomic E-state index is 0.200. The number of carbonyl (C=O) groups excluding carboxylic acids is 2.